The van der Waals surface area contributed by atoms with Crippen LogP contribution >= 0.6 is 0 Å². The largest absolute Gasteiger partial charge is 0.330 e. The third-order valence-electron chi connectivity index (χ3n) is 3.61. The van der Waals surface area contributed by atoms with Gasteiger partial charge in [-0.15, -0.1) is 0 Å². The topological polar surface area (TPSA) is 29.3 Å². The molecule has 2 nitrogen and oxygen atoms in total. The van der Waals surface area contributed by atoms with Gasteiger partial charge in [-0.05, 0) is 69.1 Å². The van der Waals surface area contributed by atoms with E-state index in [0.717, 1.165) is 32.6 Å². The Kier molecular flexibility index (Phi) is 4.51. The molecule has 0 radical (unpaired) electrons. The van der Waals surface area contributed by atoms with Crippen LogP contribution in [0.15, 0.2) is 24.3 Å². The number of hydrogen-bond acceptors (Lipinski definition) is 2. The molecule has 0 saturated carbocycles. The van der Waals surface area contributed by atoms with Crippen molar-refractivity contribution in [3.05, 3.63) is 35.6 Å². The highest BCUT2D eigenvalue weighted by atomic mass is 19.1. The Bertz CT molecular complexity index is 329. The van der Waals surface area contributed by atoms with Gasteiger partial charge in [-0.2, -0.15) is 0 Å². The summed E-state index contributed by atoms with van der Waals surface area (Å²) in [6.07, 6.45) is 3.44. The molecule has 0 amide bonds. The minimum Gasteiger partial charge on any atom is -0.330 e. The van der Waals surface area contributed by atoms with Crippen LogP contribution in [0.4, 0.5) is 4.39 Å². The second kappa shape index (κ2) is 6.12. The van der Waals surface area contributed by atoms with Crippen molar-refractivity contribution in [2.45, 2.75) is 25.2 Å². The highest BCUT2D eigenvalue weighted by Gasteiger charge is 2.19. The zero-order valence-corrected chi connectivity index (χ0v) is 10.2. The first kappa shape index (κ1) is 12.5. The van der Waals surface area contributed by atoms with Gasteiger partial charge in [0.1, 0.15) is 5.82 Å². The number of hydrogen-bond donors (Lipinski definition) is 1. The van der Waals surface area contributed by atoms with Crippen molar-refractivity contribution in [2.75, 3.05) is 26.2 Å². The van der Waals surface area contributed by atoms with E-state index in [1.54, 1.807) is 12.1 Å². The molecule has 2 rings (SSSR count). The Hall–Kier alpha value is -0.930. The van der Waals surface area contributed by atoms with Crippen LogP contribution in [0.1, 0.15) is 30.7 Å². The standard InChI is InChI=1S/C14H21FN2/c15-14-4-2-12(3-5-14)13-6-10-17(11-7-13)9-1-8-16/h2-5,13H,1,6-11,16H2. The van der Waals surface area contributed by atoms with Crippen LogP contribution in [0, 0.1) is 5.82 Å². The molecule has 94 valence electrons. The van der Waals surface area contributed by atoms with Crippen LogP contribution in [0.2, 0.25) is 0 Å². The summed E-state index contributed by atoms with van der Waals surface area (Å²) in [6.45, 7) is 4.18. The third kappa shape index (κ3) is 3.51. The van der Waals surface area contributed by atoms with Crippen LogP contribution in [0.5, 0.6) is 0 Å². The molecule has 0 bridgehead atoms. The Morgan fingerprint density at radius 1 is 1.18 bits per heavy atom. The number of piperidine rings is 1. The van der Waals surface area contributed by atoms with Gasteiger partial charge in [-0.1, -0.05) is 12.1 Å². The lowest BCUT2D eigenvalue weighted by Gasteiger charge is -2.32. The molecule has 0 atom stereocenters. The van der Waals surface area contributed by atoms with Crippen molar-refractivity contribution in [1.29, 1.82) is 0 Å². The van der Waals surface area contributed by atoms with E-state index in [2.05, 4.69) is 4.90 Å². The molecule has 0 aromatic heterocycles. The molecule has 3 heteroatoms. The highest BCUT2D eigenvalue weighted by Crippen LogP contribution is 2.27. The third-order valence-corrected chi connectivity index (χ3v) is 3.61. The number of nitrogens with two attached hydrogens (primary N) is 1. The fourth-order valence-electron chi connectivity index (χ4n) is 2.54. The molecule has 1 fully saturated rings. The number of benzene rings is 1. The molecular formula is C14H21FN2. The second-order valence-corrected chi connectivity index (χ2v) is 4.81. The summed E-state index contributed by atoms with van der Waals surface area (Å²) in [5.74, 6) is 0.457. The van der Waals surface area contributed by atoms with E-state index in [1.165, 1.54) is 18.4 Å². The van der Waals surface area contributed by atoms with Gasteiger partial charge in [0.05, 0.1) is 0 Å². The fourth-order valence-corrected chi connectivity index (χ4v) is 2.54. The summed E-state index contributed by atoms with van der Waals surface area (Å²) in [5, 5.41) is 0. The molecule has 0 aliphatic carbocycles. The van der Waals surface area contributed by atoms with Crippen molar-refractivity contribution in [3.63, 3.8) is 0 Å². The van der Waals surface area contributed by atoms with Crippen LogP contribution in [0.3, 0.4) is 0 Å². The monoisotopic (exact) mass is 236 g/mol. The van der Waals surface area contributed by atoms with E-state index in [4.69, 9.17) is 5.73 Å². The summed E-state index contributed by atoms with van der Waals surface area (Å²) in [4.78, 5) is 2.48. The summed E-state index contributed by atoms with van der Waals surface area (Å²) in [7, 11) is 0. The van der Waals surface area contributed by atoms with Gasteiger partial charge in [0.15, 0.2) is 0 Å². The van der Waals surface area contributed by atoms with Crippen molar-refractivity contribution in [3.8, 4) is 0 Å². The van der Waals surface area contributed by atoms with Crippen molar-refractivity contribution in [2.24, 2.45) is 5.73 Å². The van der Waals surface area contributed by atoms with E-state index >= 15 is 0 Å². The fraction of sp³-hybridized carbons (Fsp3) is 0.571. The average Bonchev–Trinajstić information content (AvgIpc) is 2.38. The summed E-state index contributed by atoms with van der Waals surface area (Å²) >= 11 is 0. The molecule has 17 heavy (non-hydrogen) atoms. The van der Waals surface area contributed by atoms with Crippen LogP contribution < -0.4 is 5.73 Å². The number of likely N-dealkylation sites (tertiary alicyclic amines) is 1. The van der Waals surface area contributed by atoms with Crippen molar-refractivity contribution < 1.29 is 4.39 Å². The molecule has 1 saturated heterocycles. The van der Waals surface area contributed by atoms with Crippen LogP contribution in [0.25, 0.3) is 0 Å². The minimum absolute atomic E-state index is 0.144. The number of nitrogens with zero attached hydrogens (tertiary/aromatic N) is 1. The minimum atomic E-state index is -0.144. The summed E-state index contributed by atoms with van der Waals surface area (Å²) < 4.78 is 12.8. The number of halogens is 1. The summed E-state index contributed by atoms with van der Waals surface area (Å²) in [6, 6.07) is 6.98. The molecule has 1 aromatic carbocycles. The van der Waals surface area contributed by atoms with E-state index < -0.39 is 0 Å². The first-order valence-corrected chi connectivity index (χ1v) is 6.47. The van der Waals surface area contributed by atoms with E-state index in [9.17, 15) is 4.39 Å². The Morgan fingerprint density at radius 3 is 2.41 bits per heavy atom. The van der Waals surface area contributed by atoms with E-state index in [0.29, 0.717) is 5.92 Å². The maximum Gasteiger partial charge on any atom is 0.123 e. The predicted octanol–water partition coefficient (Wildman–Crippen LogP) is 2.35. The Balaban J connectivity index is 1.84. The Labute approximate surface area is 103 Å². The quantitative estimate of drug-likeness (QED) is 0.869. The molecule has 1 heterocycles. The van der Waals surface area contributed by atoms with Gasteiger partial charge in [0.25, 0.3) is 0 Å². The van der Waals surface area contributed by atoms with Gasteiger partial charge < -0.3 is 10.6 Å². The average molecular weight is 236 g/mol. The van der Waals surface area contributed by atoms with Gasteiger partial charge >= 0.3 is 0 Å². The zero-order valence-electron chi connectivity index (χ0n) is 10.2. The van der Waals surface area contributed by atoms with Crippen molar-refractivity contribution in [1.82, 2.24) is 4.90 Å². The Morgan fingerprint density at radius 2 is 1.82 bits per heavy atom. The maximum atomic E-state index is 12.8. The van der Waals surface area contributed by atoms with Crippen molar-refractivity contribution >= 4 is 0 Å². The molecule has 0 spiro atoms. The molecule has 2 N–H and O–H groups in total. The SMILES string of the molecule is NCCCN1CCC(c2ccc(F)cc2)CC1. The first-order chi connectivity index (χ1) is 8.29. The molecular weight excluding hydrogens is 215 g/mol. The lowest BCUT2D eigenvalue weighted by atomic mass is 9.89. The molecule has 0 unspecified atom stereocenters. The van der Waals surface area contributed by atoms with Gasteiger partial charge in [0.2, 0.25) is 0 Å². The lowest BCUT2D eigenvalue weighted by Crippen LogP contribution is -2.34. The van der Waals surface area contributed by atoms with E-state index in [-0.39, 0.29) is 5.82 Å². The summed E-state index contributed by atoms with van der Waals surface area (Å²) in [5.41, 5.74) is 6.80. The number of rotatable bonds is 4. The molecule has 1 aliphatic rings. The zero-order chi connectivity index (χ0) is 12.1. The van der Waals surface area contributed by atoms with Crippen LogP contribution in [-0.4, -0.2) is 31.1 Å². The first-order valence-electron chi connectivity index (χ1n) is 6.47. The molecule has 1 aromatic rings. The van der Waals surface area contributed by atoms with Gasteiger partial charge in [-0.25, -0.2) is 4.39 Å². The normalized spacial score (nSPS) is 18.5. The van der Waals surface area contributed by atoms with Gasteiger partial charge in [0, 0.05) is 0 Å². The maximum absolute atomic E-state index is 12.8. The highest BCUT2D eigenvalue weighted by molar-refractivity contribution is 5.21. The van der Waals surface area contributed by atoms with E-state index in [1.807, 2.05) is 12.1 Å². The lowest BCUT2D eigenvalue weighted by molar-refractivity contribution is 0.211. The molecule has 1 aliphatic heterocycles. The smallest absolute Gasteiger partial charge is 0.123 e. The van der Waals surface area contributed by atoms with Gasteiger partial charge in [-0.3, -0.25) is 0 Å². The predicted molar refractivity (Wildman–Crippen MR) is 68.5 cm³/mol. The second-order valence-electron chi connectivity index (χ2n) is 4.81. The van der Waals surface area contributed by atoms with Crippen LogP contribution in [-0.2, 0) is 0 Å².